The summed E-state index contributed by atoms with van der Waals surface area (Å²) in [5, 5.41) is 1.47. The zero-order valence-electron chi connectivity index (χ0n) is 19.7. The van der Waals surface area contributed by atoms with E-state index in [1.807, 2.05) is 36.0 Å². The maximum absolute atomic E-state index is 12.6. The second kappa shape index (κ2) is 11.4. The molecule has 1 aliphatic rings. The van der Waals surface area contributed by atoms with Gasteiger partial charge < -0.3 is 9.47 Å². The Bertz CT molecular complexity index is 1110. The molecular weight excluding hydrogens is 432 g/mol. The molecule has 0 amide bonds. The first-order chi connectivity index (χ1) is 15.8. The maximum Gasteiger partial charge on any atom is 0.338 e. The molecule has 0 N–H and O–H groups in total. The Labute approximate surface area is 200 Å². The molecule has 1 aliphatic carbocycles. The summed E-state index contributed by atoms with van der Waals surface area (Å²) in [5.41, 5.74) is 2.44. The predicted molar refractivity (Wildman–Crippen MR) is 137 cm³/mol. The molecule has 0 radical (unpaired) electrons. The van der Waals surface area contributed by atoms with Gasteiger partial charge in [-0.25, -0.2) is 9.59 Å². The first-order valence-corrected chi connectivity index (χ1v) is 12.5. The molecule has 174 valence electrons. The van der Waals surface area contributed by atoms with Crippen LogP contribution in [0.4, 0.5) is 0 Å². The number of hydrogen-bond donors (Lipinski definition) is 0. The first-order valence-electron chi connectivity index (χ1n) is 11.5. The molecule has 0 aliphatic heterocycles. The maximum atomic E-state index is 12.6. The summed E-state index contributed by atoms with van der Waals surface area (Å²) < 4.78 is 11.8. The minimum Gasteiger partial charge on any atom is -0.422 e. The predicted octanol–water partition coefficient (Wildman–Crippen LogP) is 7.27. The molecule has 0 aromatic heterocycles. The fourth-order valence-electron chi connectivity index (χ4n) is 3.82. The number of esters is 2. The van der Waals surface area contributed by atoms with Gasteiger partial charge in [0, 0.05) is 33.0 Å². The Balaban J connectivity index is 2.15. The van der Waals surface area contributed by atoms with Crippen molar-refractivity contribution in [2.24, 2.45) is 0 Å². The summed E-state index contributed by atoms with van der Waals surface area (Å²) in [4.78, 5) is 25.1. The molecule has 2 aromatic carbocycles. The van der Waals surface area contributed by atoms with Crippen molar-refractivity contribution >= 4 is 34.5 Å². The topological polar surface area (TPSA) is 52.6 Å². The summed E-state index contributed by atoms with van der Waals surface area (Å²) >= 11 is 1.82. The van der Waals surface area contributed by atoms with Gasteiger partial charge in [0.1, 0.15) is 11.5 Å². The van der Waals surface area contributed by atoms with Crippen LogP contribution in [-0.2, 0) is 16.0 Å². The fraction of sp³-hybridized carbons (Fsp3) is 0.357. The average Bonchev–Trinajstić information content (AvgIpc) is 2.80. The molecule has 0 saturated heterocycles. The van der Waals surface area contributed by atoms with Gasteiger partial charge in [-0.1, -0.05) is 75.8 Å². The van der Waals surface area contributed by atoms with E-state index in [-0.39, 0.29) is 5.25 Å². The van der Waals surface area contributed by atoms with E-state index >= 15 is 0 Å². The molecule has 2 aromatic rings. The van der Waals surface area contributed by atoms with Crippen molar-refractivity contribution in [1.82, 2.24) is 0 Å². The van der Waals surface area contributed by atoms with Crippen LogP contribution < -0.4 is 9.47 Å². The van der Waals surface area contributed by atoms with E-state index in [2.05, 4.69) is 32.2 Å². The van der Waals surface area contributed by atoms with Gasteiger partial charge in [0.25, 0.3) is 0 Å². The normalized spacial score (nSPS) is 14.6. The Morgan fingerprint density at radius 2 is 1.58 bits per heavy atom. The zero-order chi connectivity index (χ0) is 24.0. The van der Waals surface area contributed by atoms with Crippen LogP contribution >= 0.6 is 11.8 Å². The highest BCUT2D eigenvalue weighted by atomic mass is 32.2. The van der Waals surface area contributed by atoms with Crippen LogP contribution in [0.3, 0.4) is 0 Å². The van der Waals surface area contributed by atoms with Crippen LogP contribution in [0.5, 0.6) is 11.5 Å². The number of hydrogen-bond acceptors (Lipinski definition) is 5. The number of ether oxygens (including phenoxy) is 2. The van der Waals surface area contributed by atoms with Gasteiger partial charge in [-0.2, -0.15) is 0 Å². The van der Waals surface area contributed by atoms with Crippen molar-refractivity contribution in [3.05, 3.63) is 71.8 Å². The van der Waals surface area contributed by atoms with Gasteiger partial charge in [0.05, 0.1) is 5.25 Å². The molecular formula is C28H32O4S. The summed E-state index contributed by atoms with van der Waals surface area (Å²) in [6, 6.07) is 7.56. The zero-order valence-corrected chi connectivity index (χ0v) is 20.6. The highest BCUT2D eigenvalue weighted by Gasteiger charge is 2.30. The van der Waals surface area contributed by atoms with E-state index in [0.29, 0.717) is 29.1 Å². The average molecular weight is 465 g/mol. The molecule has 0 saturated carbocycles. The van der Waals surface area contributed by atoms with E-state index in [1.165, 1.54) is 19.3 Å². The largest absolute Gasteiger partial charge is 0.422 e. The second-order valence-corrected chi connectivity index (χ2v) is 9.67. The third-order valence-corrected chi connectivity index (χ3v) is 6.84. The molecule has 5 heteroatoms. The Hall–Kier alpha value is -2.79. The quantitative estimate of drug-likeness (QED) is 0.122. The van der Waals surface area contributed by atoms with E-state index in [4.69, 9.17) is 9.47 Å². The van der Waals surface area contributed by atoms with Crippen molar-refractivity contribution in [2.75, 3.05) is 5.75 Å². The smallest absolute Gasteiger partial charge is 0.338 e. The molecule has 1 atom stereocenters. The van der Waals surface area contributed by atoms with Gasteiger partial charge in [0.15, 0.2) is 0 Å². The minimum absolute atomic E-state index is 0.00446. The Morgan fingerprint density at radius 1 is 0.970 bits per heavy atom. The number of unbranched alkanes of at least 4 members (excludes halogenated alkanes) is 3. The first kappa shape index (κ1) is 24.8. The standard InChI is InChI=1S/C28H32O4S/c1-6-7-8-11-17-33-23-16-12-15-22-24(23)26(32-28(30)19(4)5)21-14-10-9-13-20(21)25(22)31-27(29)18(2)3/h9-10,12-14,16,23H,2,4,6-8,11,15,17H2,1,3,5H3. The van der Waals surface area contributed by atoms with E-state index in [9.17, 15) is 9.59 Å². The number of fused-ring (bicyclic) bond motifs is 2. The Kier molecular flexibility index (Phi) is 8.56. The monoisotopic (exact) mass is 464 g/mol. The van der Waals surface area contributed by atoms with Crippen molar-refractivity contribution < 1.29 is 19.1 Å². The summed E-state index contributed by atoms with van der Waals surface area (Å²) in [6.07, 6.45) is 9.59. The van der Waals surface area contributed by atoms with Crippen LogP contribution in [0.25, 0.3) is 10.8 Å². The minimum atomic E-state index is -0.465. The number of carbonyl (C=O) groups excluding carboxylic acids is 2. The molecule has 0 fully saturated rings. The van der Waals surface area contributed by atoms with E-state index in [0.717, 1.165) is 34.1 Å². The lowest BCUT2D eigenvalue weighted by atomic mass is 9.90. The summed E-state index contributed by atoms with van der Waals surface area (Å²) in [6.45, 7) is 12.9. The van der Waals surface area contributed by atoms with Crippen LogP contribution in [-0.4, -0.2) is 17.7 Å². The highest BCUT2D eigenvalue weighted by molar-refractivity contribution is 7.99. The van der Waals surface area contributed by atoms with Gasteiger partial charge in [-0.15, -0.1) is 11.8 Å². The Morgan fingerprint density at radius 3 is 2.18 bits per heavy atom. The van der Waals surface area contributed by atoms with Gasteiger partial charge in [-0.3, -0.25) is 0 Å². The lowest BCUT2D eigenvalue weighted by Gasteiger charge is -2.27. The molecule has 4 nitrogen and oxygen atoms in total. The number of benzene rings is 2. The third-order valence-electron chi connectivity index (χ3n) is 5.56. The molecule has 1 unspecified atom stereocenters. The molecule has 0 heterocycles. The number of carbonyl (C=O) groups is 2. The SMILES string of the molecule is C=C(C)C(=O)Oc1c2c(c(OC(=O)C(=C)C)c3ccccc13)C(SCCCCCC)C=CC2. The fourth-order valence-corrected chi connectivity index (χ4v) is 5.08. The van der Waals surface area contributed by atoms with Crippen LogP contribution in [0.15, 0.2) is 60.7 Å². The van der Waals surface area contributed by atoms with Crippen LogP contribution in [0, 0.1) is 0 Å². The molecule has 0 bridgehead atoms. The van der Waals surface area contributed by atoms with Crippen LogP contribution in [0.1, 0.15) is 62.8 Å². The van der Waals surface area contributed by atoms with Gasteiger partial charge in [-0.05, 0) is 32.4 Å². The van der Waals surface area contributed by atoms with E-state index < -0.39 is 11.9 Å². The molecule has 3 rings (SSSR count). The lowest BCUT2D eigenvalue weighted by molar-refractivity contribution is -0.131. The summed E-state index contributed by atoms with van der Waals surface area (Å²) in [7, 11) is 0. The van der Waals surface area contributed by atoms with Crippen LogP contribution in [0.2, 0.25) is 0 Å². The van der Waals surface area contributed by atoms with Crippen molar-refractivity contribution in [3.63, 3.8) is 0 Å². The van der Waals surface area contributed by atoms with Gasteiger partial charge in [0.2, 0.25) is 0 Å². The molecule has 33 heavy (non-hydrogen) atoms. The van der Waals surface area contributed by atoms with Crippen molar-refractivity contribution in [2.45, 2.75) is 58.1 Å². The lowest BCUT2D eigenvalue weighted by Crippen LogP contribution is -2.16. The number of rotatable bonds is 10. The second-order valence-electron chi connectivity index (χ2n) is 8.42. The van der Waals surface area contributed by atoms with Crippen molar-refractivity contribution in [3.8, 4) is 11.5 Å². The number of thioether (sulfide) groups is 1. The highest BCUT2D eigenvalue weighted by Crippen LogP contribution is 2.50. The van der Waals surface area contributed by atoms with E-state index in [1.54, 1.807) is 13.8 Å². The third kappa shape index (κ3) is 5.77. The van der Waals surface area contributed by atoms with Gasteiger partial charge >= 0.3 is 11.9 Å². The number of allylic oxidation sites excluding steroid dienone is 1. The summed E-state index contributed by atoms with van der Waals surface area (Å²) in [5.74, 6) is 1.11. The molecule has 0 spiro atoms. The van der Waals surface area contributed by atoms with Crippen molar-refractivity contribution in [1.29, 1.82) is 0 Å².